The molecule has 0 saturated heterocycles. The third kappa shape index (κ3) is 17.7. The van der Waals surface area contributed by atoms with Gasteiger partial charge in [-0.2, -0.15) is 6.42 Å². The maximum atomic E-state index is 11.3. The van der Waals surface area contributed by atoms with E-state index in [9.17, 15) is 4.57 Å². The molecule has 0 radical (unpaired) electrons. The van der Waals surface area contributed by atoms with Crippen molar-refractivity contribution in [3.05, 3.63) is 13.0 Å². The van der Waals surface area contributed by atoms with Crippen molar-refractivity contribution in [2.45, 2.75) is 19.8 Å². The second kappa shape index (κ2) is 21.5. The van der Waals surface area contributed by atoms with E-state index in [0.717, 1.165) is 12.8 Å². The van der Waals surface area contributed by atoms with E-state index in [1.54, 1.807) is 0 Å². The van der Waals surface area contributed by atoms with Gasteiger partial charge in [-0.3, -0.25) is 4.57 Å². The molecule has 0 heterocycles. The van der Waals surface area contributed by atoms with Crippen LogP contribution in [0.15, 0.2) is 0 Å². The van der Waals surface area contributed by atoms with E-state index in [1.165, 1.54) is 30.6 Å². The zero-order chi connectivity index (χ0) is 12.7. The molecule has 0 aromatic rings. The Bertz CT molecular complexity index is 178. The van der Waals surface area contributed by atoms with Crippen molar-refractivity contribution in [1.82, 2.24) is 0 Å². The van der Waals surface area contributed by atoms with E-state index in [-0.39, 0.29) is 17.1 Å². The van der Waals surface area contributed by atoms with E-state index in [2.05, 4.69) is 20.5 Å². The number of halogens is 1. The predicted octanol–water partition coefficient (Wildman–Crippen LogP) is 3.41. The average Bonchev–Trinajstić information content (AvgIpc) is 2.34. The number of unbranched alkanes of at least 4 members (excludes halogenated alkanes) is 2. The van der Waals surface area contributed by atoms with Crippen molar-refractivity contribution in [2.24, 2.45) is 0 Å². The van der Waals surface area contributed by atoms with E-state index in [0.29, 0.717) is 6.16 Å². The number of nitrogens with zero attached hydrogens (tertiary/aromatic N) is 1. The first-order valence-corrected chi connectivity index (χ1v) is 12.9. The molecule has 96 valence electrons. The number of hydrogen-bond acceptors (Lipinski definition) is 4. The molecule has 0 aliphatic carbocycles. The Morgan fingerprint density at radius 1 is 1.38 bits per heavy atom. The van der Waals surface area contributed by atoms with Crippen LogP contribution in [0.25, 0.3) is 0 Å². The molecular weight excluding hydrogens is 398 g/mol. The SMILES string of the molecule is CCC[CH-]CP(=O)(OC)OC.[C-]#N.[Cu+].[Zn+][Br]. The molecule has 0 saturated carbocycles. The summed E-state index contributed by atoms with van der Waals surface area (Å²) >= 11 is 4.25. The molecule has 0 aliphatic heterocycles. The summed E-state index contributed by atoms with van der Waals surface area (Å²) in [5, 5.41) is 6.25. The quantitative estimate of drug-likeness (QED) is 0.290. The van der Waals surface area contributed by atoms with Gasteiger partial charge in [0.1, 0.15) is 0 Å². The summed E-state index contributed by atoms with van der Waals surface area (Å²) in [6.45, 7) is 6.82. The van der Waals surface area contributed by atoms with Gasteiger partial charge < -0.3 is 27.3 Å². The Balaban J connectivity index is -0.000000129. The normalized spacial score (nSPS) is 8.75. The van der Waals surface area contributed by atoms with E-state index in [1.807, 2.05) is 6.42 Å². The average molecular weight is 414 g/mol. The van der Waals surface area contributed by atoms with Crippen molar-refractivity contribution in [3.8, 4) is 0 Å². The summed E-state index contributed by atoms with van der Waals surface area (Å²) in [5.41, 5.74) is 0. The molecule has 0 spiro atoms. The summed E-state index contributed by atoms with van der Waals surface area (Å²) in [4.78, 5) is 0. The summed E-state index contributed by atoms with van der Waals surface area (Å²) < 4.78 is 20.8. The molecule has 4 nitrogen and oxygen atoms in total. The third-order valence-electron chi connectivity index (χ3n) is 1.40. The predicted molar refractivity (Wildman–Crippen MR) is 59.6 cm³/mol. The molecule has 0 N–H and O–H groups in total. The van der Waals surface area contributed by atoms with E-state index in [4.69, 9.17) is 20.9 Å². The van der Waals surface area contributed by atoms with Gasteiger partial charge in [-0.15, -0.1) is 0 Å². The molecule has 0 atom stereocenters. The Morgan fingerprint density at radius 3 is 2.00 bits per heavy atom. The molecule has 0 fully saturated rings. The van der Waals surface area contributed by atoms with Gasteiger partial charge in [-0.05, 0) is 0 Å². The molecule has 0 aromatic carbocycles. The van der Waals surface area contributed by atoms with Crippen LogP contribution in [0.1, 0.15) is 19.8 Å². The Kier molecular flexibility index (Phi) is 34.9. The minimum absolute atomic E-state index is 0. The second-order valence-corrected chi connectivity index (χ2v) is 4.55. The van der Waals surface area contributed by atoms with Gasteiger partial charge in [0.25, 0.3) is 0 Å². The van der Waals surface area contributed by atoms with Gasteiger partial charge in [0.2, 0.25) is 0 Å². The standard InChI is InChI=1S/C7H16O3P.CN.BrH.Cu.Zn/c1-4-5-6-7-11(8,9-2)10-3;1-2;;;/h6H,4-5,7H2,1-3H3;;1H;;/q2*-1;;+1;+2/p-1. The van der Waals surface area contributed by atoms with Crippen molar-refractivity contribution in [1.29, 1.82) is 5.26 Å². The van der Waals surface area contributed by atoms with Gasteiger partial charge in [0.05, 0.1) is 0 Å². The minimum atomic E-state index is -2.77. The van der Waals surface area contributed by atoms with Gasteiger partial charge in [0, 0.05) is 14.2 Å². The number of hydrogen-bond donors (Lipinski definition) is 0. The maximum absolute atomic E-state index is 11.3. The van der Waals surface area contributed by atoms with Crippen LogP contribution >= 0.6 is 21.2 Å². The number of rotatable bonds is 6. The fraction of sp³-hybridized carbons (Fsp3) is 0.750. The third-order valence-corrected chi connectivity index (χ3v) is 3.22. The van der Waals surface area contributed by atoms with Crippen LogP contribution in [0.3, 0.4) is 0 Å². The van der Waals surface area contributed by atoms with Crippen molar-refractivity contribution >= 4 is 21.2 Å². The zero-order valence-electron chi connectivity index (χ0n) is 9.70. The van der Waals surface area contributed by atoms with Crippen LogP contribution in [-0.2, 0) is 47.0 Å². The molecule has 0 amide bonds. The molecule has 0 aliphatic rings. The van der Waals surface area contributed by atoms with Crippen LogP contribution in [0.4, 0.5) is 0 Å². The Hall–Kier alpha value is 1.26. The monoisotopic (exact) mass is 411 g/mol. The van der Waals surface area contributed by atoms with E-state index >= 15 is 0 Å². The van der Waals surface area contributed by atoms with Crippen LogP contribution in [0.2, 0.25) is 0 Å². The second-order valence-electron chi connectivity index (χ2n) is 2.24. The molecule has 0 aromatic heterocycles. The van der Waals surface area contributed by atoms with Gasteiger partial charge in [-0.1, -0.05) is 19.5 Å². The summed E-state index contributed by atoms with van der Waals surface area (Å²) in [7, 11) is 0.0472. The molecule has 0 unspecified atom stereocenters. The van der Waals surface area contributed by atoms with Crippen molar-refractivity contribution in [2.75, 3.05) is 20.4 Å². The first-order valence-electron chi connectivity index (χ1n) is 4.19. The molecule has 0 bridgehead atoms. The fourth-order valence-electron chi connectivity index (χ4n) is 0.677. The zero-order valence-corrected chi connectivity index (χ0v) is 16.1. The van der Waals surface area contributed by atoms with Gasteiger partial charge in [-0.25, -0.2) is 0 Å². The van der Waals surface area contributed by atoms with Crippen LogP contribution in [0, 0.1) is 18.3 Å². The summed E-state index contributed by atoms with van der Waals surface area (Å²) in [5.74, 6) is 0. The van der Waals surface area contributed by atoms with Crippen LogP contribution in [-0.4, -0.2) is 20.4 Å². The first-order chi connectivity index (χ1) is 7.18. The van der Waals surface area contributed by atoms with Gasteiger partial charge >= 0.3 is 54.6 Å². The van der Waals surface area contributed by atoms with Crippen LogP contribution < -0.4 is 0 Å². The summed E-state index contributed by atoms with van der Waals surface area (Å²) in [6, 6.07) is 0. The van der Waals surface area contributed by atoms with Crippen LogP contribution in [0.5, 0.6) is 0 Å². The van der Waals surface area contributed by atoms with Crippen molar-refractivity contribution in [3.63, 3.8) is 0 Å². The fourth-order valence-corrected chi connectivity index (χ4v) is 1.62. The Morgan fingerprint density at radius 2 is 1.75 bits per heavy atom. The van der Waals surface area contributed by atoms with Crippen molar-refractivity contribution < 1.29 is 47.0 Å². The Labute approximate surface area is 126 Å². The molecule has 8 heteroatoms. The van der Waals surface area contributed by atoms with E-state index < -0.39 is 7.60 Å². The topological polar surface area (TPSA) is 59.3 Å². The molecule has 0 rings (SSSR count). The first kappa shape index (κ1) is 26.0. The molecule has 16 heavy (non-hydrogen) atoms. The molecular formula is C8H16BrCuNO3PZn. The summed E-state index contributed by atoms with van der Waals surface area (Å²) in [6.07, 6.45) is 4.37. The van der Waals surface area contributed by atoms with Gasteiger partial charge in [0.15, 0.2) is 0 Å².